The van der Waals surface area contributed by atoms with E-state index in [1.807, 2.05) is 0 Å². The molecule has 2 aromatic carbocycles. The average molecular weight is 371 g/mol. The Morgan fingerprint density at radius 1 is 1.16 bits per heavy atom. The Balaban J connectivity index is 1.98. The van der Waals surface area contributed by atoms with E-state index in [2.05, 4.69) is 10.1 Å². The van der Waals surface area contributed by atoms with Crippen LogP contribution in [0.15, 0.2) is 36.4 Å². The molecule has 0 atom stereocenters. The number of carbonyl (C=O) groups excluding carboxylic acids is 2. The molecule has 0 fully saturated rings. The van der Waals surface area contributed by atoms with Gasteiger partial charge in [-0.3, -0.25) is 14.9 Å². The lowest BCUT2D eigenvalue weighted by atomic mass is 10.2. The van der Waals surface area contributed by atoms with Crippen molar-refractivity contribution in [2.24, 2.45) is 0 Å². The van der Waals surface area contributed by atoms with Gasteiger partial charge in [0.15, 0.2) is 6.61 Å². The van der Waals surface area contributed by atoms with Gasteiger partial charge in [0.25, 0.3) is 11.6 Å². The number of nitrogens with zero attached hydrogens (tertiary/aromatic N) is 1. The lowest BCUT2D eigenvalue weighted by molar-refractivity contribution is -0.384. The van der Waals surface area contributed by atoms with Crippen molar-refractivity contribution in [3.05, 3.63) is 68.7 Å². The largest absolute Gasteiger partial charge is 0.452 e. The summed E-state index contributed by atoms with van der Waals surface area (Å²) in [5, 5.41) is 12.9. The molecule has 0 heterocycles. The number of hydrogen-bond acceptors (Lipinski definition) is 5. The summed E-state index contributed by atoms with van der Waals surface area (Å²) in [6, 6.07) is 5.66. The maximum Gasteiger partial charge on any atom is 0.338 e. The van der Waals surface area contributed by atoms with Crippen molar-refractivity contribution in [3.8, 4) is 0 Å². The van der Waals surface area contributed by atoms with Crippen LogP contribution >= 0.6 is 11.6 Å². The molecule has 0 saturated heterocycles. The Hall–Kier alpha value is -3.07. The third-order valence-corrected chi connectivity index (χ3v) is 3.18. The van der Waals surface area contributed by atoms with E-state index in [-0.39, 0.29) is 10.7 Å². The molecule has 10 heteroatoms. The van der Waals surface area contributed by atoms with Crippen LogP contribution in [0.25, 0.3) is 0 Å². The summed E-state index contributed by atoms with van der Waals surface area (Å²) in [5.41, 5.74) is -0.743. The number of anilines is 1. The van der Waals surface area contributed by atoms with Crippen molar-refractivity contribution in [2.75, 3.05) is 11.9 Å². The maximum absolute atomic E-state index is 13.0. The van der Waals surface area contributed by atoms with Gasteiger partial charge in [-0.15, -0.1) is 0 Å². The fourth-order valence-corrected chi connectivity index (χ4v) is 2.00. The highest BCUT2D eigenvalue weighted by Gasteiger charge is 2.16. The van der Waals surface area contributed by atoms with Crippen molar-refractivity contribution in [2.45, 2.75) is 0 Å². The summed E-state index contributed by atoms with van der Waals surface area (Å²) in [5.74, 6) is -3.84. The van der Waals surface area contributed by atoms with Crippen molar-refractivity contribution >= 4 is 34.9 Å². The molecule has 7 nitrogen and oxygen atoms in total. The number of nitro groups is 1. The van der Waals surface area contributed by atoms with Crippen molar-refractivity contribution in [1.82, 2.24) is 0 Å². The molecule has 1 N–H and O–H groups in total. The van der Waals surface area contributed by atoms with Gasteiger partial charge >= 0.3 is 5.97 Å². The van der Waals surface area contributed by atoms with Crippen molar-refractivity contribution < 1.29 is 28.0 Å². The Morgan fingerprint density at radius 2 is 1.80 bits per heavy atom. The van der Waals surface area contributed by atoms with E-state index in [0.29, 0.717) is 6.07 Å². The fourth-order valence-electron chi connectivity index (χ4n) is 1.81. The van der Waals surface area contributed by atoms with Crippen molar-refractivity contribution in [1.29, 1.82) is 0 Å². The molecule has 0 aliphatic rings. The normalized spacial score (nSPS) is 10.2. The molecule has 0 unspecified atom stereocenters. The number of ether oxygens (including phenoxy) is 1. The summed E-state index contributed by atoms with van der Waals surface area (Å²) < 4.78 is 30.7. The molecule has 2 rings (SSSR count). The van der Waals surface area contributed by atoms with Gasteiger partial charge in [0.2, 0.25) is 0 Å². The van der Waals surface area contributed by atoms with Crippen LogP contribution in [0.2, 0.25) is 5.02 Å². The zero-order chi connectivity index (χ0) is 18.6. The molecule has 0 saturated carbocycles. The van der Waals surface area contributed by atoms with Gasteiger partial charge in [0, 0.05) is 17.8 Å². The Labute approximate surface area is 144 Å². The number of nitrogens with one attached hydrogen (secondary N) is 1. The first-order valence-electron chi connectivity index (χ1n) is 6.63. The molecule has 0 aliphatic heterocycles. The van der Waals surface area contributed by atoms with Crippen LogP contribution in [-0.2, 0) is 9.53 Å². The minimum absolute atomic E-state index is 0.0638. The van der Waals surface area contributed by atoms with Crippen molar-refractivity contribution in [3.63, 3.8) is 0 Å². The SMILES string of the molecule is O=C(COC(=O)c1cc(F)cc(F)c1)Nc1ccc(Cl)c([N+](=O)[O-])c1. The molecule has 0 bridgehead atoms. The minimum atomic E-state index is -1.10. The maximum atomic E-state index is 13.0. The Bertz CT molecular complexity index is 840. The quantitative estimate of drug-likeness (QED) is 0.494. The number of esters is 1. The molecule has 1 amide bonds. The van der Waals surface area contributed by atoms with E-state index in [9.17, 15) is 28.5 Å². The van der Waals surface area contributed by atoms with Gasteiger partial charge in [-0.05, 0) is 24.3 Å². The van der Waals surface area contributed by atoms with Crippen LogP contribution in [-0.4, -0.2) is 23.4 Å². The second kappa shape index (κ2) is 7.67. The van der Waals surface area contributed by atoms with E-state index in [1.165, 1.54) is 12.1 Å². The predicted octanol–water partition coefficient (Wildman–Crippen LogP) is 3.32. The number of nitro benzene ring substituents is 1. The van der Waals surface area contributed by atoms with Crippen LogP contribution < -0.4 is 5.32 Å². The molecule has 25 heavy (non-hydrogen) atoms. The van der Waals surface area contributed by atoms with E-state index in [1.54, 1.807) is 0 Å². The number of halogens is 3. The van der Waals surface area contributed by atoms with Gasteiger partial charge in [-0.2, -0.15) is 0 Å². The molecule has 0 radical (unpaired) electrons. The first kappa shape index (κ1) is 18.3. The number of amides is 1. The first-order valence-corrected chi connectivity index (χ1v) is 7.01. The topological polar surface area (TPSA) is 98.5 Å². The number of hydrogen-bond donors (Lipinski definition) is 1. The fraction of sp³-hybridized carbons (Fsp3) is 0.0667. The molecule has 0 aromatic heterocycles. The lowest BCUT2D eigenvalue weighted by Gasteiger charge is -2.07. The molecular formula is C15H9ClF2N2O5. The highest BCUT2D eigenvalue weighted by atomic mass is 35.5. The Kier molecular flexibility index (Phi) is 5.60. The predicted molar refractivity (Wildman–Crippen MR) is 83.4 cm³/mol. The zero-order valence-corrected chi connectivity index (χ0v) is 13.0. The second-order valence-electron chi connectivity index (χ2n) is 4.71. The van der Waals surface area contributed by atoms with Gasteiger partial charge in [-0.25, -0.2) is 13.6 Å². The summed E-state index contributed by atoms with van der Waals surface area (Å²) in [4.78, 5) is 33.4. The molecule has 0 aliphatic carbocycles. The average Bonchev–Trinajstić information content (AvgIpc) is 2.53. The summed E-state index contributed by atoms with van der Waals surface area (Å²) in [7, 11) is 0. The Morgan fingerprint density at radius 3 is 2.40 bits per heavy atom. The third kappa shape index (κ3) is 4.95. The molecule has 2 aromatic rings. The van der Waals surface area contributed by atoms with Gasteiger partial charge in [0.05, 0.1) is 10.5 Å². The van der Waals surface area contributed by atoms with Gasteiger partial charge in [-0.1, -0.05) is 11.6 Å². The first-order chi connectivity index (χ1) is 11.8. The standard InChI is InChI=1S/C15H9ClF2N2O5/c16-12-2-1-11(6-13(12)20(23)24)19-14(21)7-25-15(22)8-3-9(17)5-10(18)4-8/h1-6H,7H2,(H,19,21). The summed E-state index contributed by atoms with van der Waals surface area (Å²) in [6.07, 6.45) is 0. The van der Waals surface area contributed by atoms with Crippen LogP contribution in [0.3, 0.4) is 0 Å². The molecule has 0 spiro atoms. The van der Waals surface area contributed by atoms with E-state index in [0.717, 1.165) is 18.2 Å². The number of rotatable bonds is 5. The van der Waals surface area contributed by atoms with Crippen LogP contribution in [0.5, 0.6) is 0 Å². The highest BCUT2D eigenvalue weighted by molar-refractivity contribution is 6.32. The molecular weight excluding hydrogens is 362 g/mol. The second-order valence-corrected chi connectivity index (χ2v) is 5.11. The zero-order valence-electron chi connectivity index (χ0n) is 12.3. The van der Waals surface area contributed by atoms with E-state index < -0.39 is 46.3 Å². The molecule has 130 valence electrons. The minimum Gasteiger partial charge on any atom is -0.452 e. The van der Waals surface area contributed by atoms with E-state index >= 15 is 0 Å². The third-order valence-electron chi connectivity index (χ3n) is 2.86. The van der Waals surface area contributed by atoms with Crippen LogP contribution in [0.4, 0.5) is 20.2 Å². The van der Waals surface area contributed by atoms with Gasteiger partial charge < -0.3 is 10.1 Å². The van der Waals surface area contributed by atoms with Gasteiger partial charge in [0.1, 0.15) is 16.7 Å². The lowest BCUT2D eigenvalue weighted by Crippen LogP contribution is -2.21. The monoisotopic (exact) mass is 370 g/mol. The smallest absolute Gasteiger partial charge is 0.338 e. The number of carbonyl (C=O) groups is 2. The van der Waals surface area contributed by atoms with E-state index in [4.69, 9.17) is 11.6 Å². The number of benzene rings is 2. The van der Waals surface area contributed by atoms with Crippen LogP contribution in [0.1, 0.15) is 10.4 Å². The summed E-state index contributed by atoms with van der Waals surface area (Å²) in [6.45, 7) is -0.757. The van der Waals surface area contributed by atoms with Crippen LogP contribution in [0, 0.1) is 21.7 Å². The summed E-state index contributed by atoms with van der Waals surface area (Å²) >= 11 is 5.64. The highest BCUT2D eigenvalue weighted by Crippen LogP contribution is 2.27.